The number of nitrogens with zero attached hydrogens (tertiary/aromatic N) is 3. The van der Waals surface area contributed by atoms with Crippen LogP contribution in [0.5, 0.6) is 6.01 Å². The number of carbonyl (C=O) groups excluding carboxylic acids is 1. The lowest BCUT2D eigenvalue weighted by Gasteiger charge is -2.10. The summed E-state index contributed by atoms with van der Waals surface area (Å²) in [5.74, 6) is -1.11. The maximum atomic E-state index is 13.9. The first kappa shape index (κ1) is 23.9. The van der Waals surface area contributed by atoms with Gasteiger partial charge >= 0.3 is 12.2 Å². The Morgan fingerprint density at radius 2 is 1.71 bits per heavy atom. The van der Waals surface area contributed by atoms with Gasteiger partial charge in [0.2, 0.25) is 0 Å². The molecule has 0 aliphatic heterocycles. The normalized spacial score (nSPS) is 11.5. The smallest absolute Gasteiger partial charge is 0.416 e. The highest BCUT2D eigenvalue weighted by Gasteiger charge is 2.31. The summed E-state index contributed by atoms with van der Waals surface area (Å²) in [4.78, 5) is 16.7. The van der Waals surface area contributed by atoms with Crippen molar-refractivity contribution in [2.24, 2.45) is 0 Å². The zero-order valence-electron chi connectivity index (χ0n) is 18.7. The Hall–Kier alpha value is -4.21. The first-order valence-corrected chi connectivity index (χ1v) is 10.6. The van der Waals surface area contributed by atoms with Crippen molar-refractivity contribution >= 4 is 11.6 Å². The number of hydrogen-bond donors (Lipinski definition) is 1. The van der Waals surface area contributed by atoms with E-state index in [-0.39, 0.29) is 29.1 Å². The van der Waals surface area contributed by atoms with Gasteiger partial charge in [0.15, 0.2) is 5.82 Å². The number of halogens is 4. The second-order valence-corrected chi connectivity index (χ2v) is 7.86. The summed E-state index contributed by atoms with van der Waals surface area (Å²) < 4.78 is 60.5. The lowest BCUT2D eigenvalue weighted by Crippen LogP contribution is -2.13. The molecule has 10 heteroatoms. The van der Waals surface area contributed by atoms with E-state index < -0.39 is 23.5 Å². The quantitative estimate of drug-likeness (QED) is 0.334. The molecule has 0 bridgehead atoms. The molecule has 0 atom stereocenters. The second-order valence-electron chi connectivity index (χ2n) is 7.86. The van der Waals surface area contributed by atoms with Gasteiger partial charge in [0.05, 0.1) is 22.9 Å². The standard InChI is InChI=1S/C25H20F4N4O2/c1-15(2)35-24-31-22(16-6-5-7-17(14-16)25(27,28)29)33(32-24)19-12-10-18(11-13-19)30-23(34)20-8-3-4-9-21(20)26/h3-15H,1-2H3,(H,30,34). The van der Waals surface area contributed by atoms with Crippen LogP contribution < -0.4 is 10.1 Å². The molecule has 1 amide bonds. The number of benzene rings is 3. The second kappa shape index (κ2) is 9.57. The first-order valence-electron chi connectivity index (χ1n) is 10.6. The molecule has 0 unspecified atom stereocenters. The van der Waals surface area contributed by atoms with E-state index in [0.29, 0.717) is 11.4 Å². The molecule has 0 radical (unpaired) electrons. The van der Waals surface area contributed by atoms with Crippen LogP contribution in [0.3, 0.4) is 0 Å². The van der Waals surface area contributed by atoms with Crippen molar-refractivity contribution in [2.45, 2.75) is 26.1 Å². The number of rotatable bonds is 6. The summed E-state index contributed by atoms with van der Waals surface area (Å²) >= 11 is 0. The molecule has 0 spiro atoms. The zero-order chi connectivity index (χ0) is 25.2. The molecule has 3 aromatic carbocycles. The number of anilines is 1. The van der Waals surface area contributed by atoms with Gasteiger partial charge in [-0.2, -0.15) is 18.2 Å². The third kappa shape index (κ3) is 5.48. The molecule has 4 aromatic rings. The van der Waals surface area contributed by atoms with Gasteiger partial charge in [-0.1, -0.05) is 24.3 Å². The summed E-state index contributed by atoms with van der Waals surface area (Å²) in [6, 6.07) is 16.7. The van der Waals surface area contributed by atoms with Gasteiger partial charge in [-0.15, -0.1) is 5.10 Å². The number of aromatic nitrogens is 3. The maximum Gasteiger partial charge on any atom is 0.416 e. The van der Waals surface area contributed by atoms with Crippen LogP contribution in [0.2, 0.25) is 0 Å². The molecule has 0 fully saturated rings. The van der Waals surface area contributed by atoms with E-state index in [2.05, 4.69) is 15.4 Å². The van der Waals surface area contributed by atoms with Crippen LogP contribution in [-0.2, 0) is 6.18 Å². The van der Waals surface area contributed by atoms with Crippen LogP contribution in [0.4, 0.5) is 23.2 Å². The third-order valence-electron chi connectivity index (χ3n) is 4.87. The summed E-state index contributed by atoms with van der Waals surface area (Å²) in [7, 11) is 0. The lowest BCUT2D eigenvalue weighted by molar-refractivity contribution is -0.137. The van der Waals surface area contributed by atoms with Gasteiger partial charge in [0, 0.05) is 11.3 Å². The van der Waals surface area contributed by atoms with Crippen molar-refractivity contribution in [2.75, 3.05) is 5.32 Å². The van der Waals surface area contributed by atoms with Crippen LogP contribution in [0.1, 0.15) is 29.8 Å². The van der Waals surface area contributed by atoms with E-state index in [4.69, 9.17) is 4.74 Å². The van der Waals surface area contributed by atoms with Gasteiger partial charge < -0.3 is 10.1 Å². The number of hydrogen-bond acceptors (Lipinski definition) is 4. The van der Waals surface area contributed by atoms with E-state index in [1.165, 1.54) is 35.0 Å². The minimum Gasteiger partial charge on any atom is -0.460 e. The van der Waals surface area contributed by atoms with Crippen LogP contribution in [-0.4, -0.2) is 26.8 Å². The van der Waals surface area contributed by atoms with Gasteiger partial charge in [0.1, 0.15) is 5.82 Å². The number of nitrogens with one attached hydrogen (secondary N) is 1. The molecule has 0 saturated carbocycles. The summed E-state index contributed by atoms with van der Waals surface area (Å²) in [6.45, 7) is 3.55. The Balaban J connectivity index is 1.67. The molecule has 35 heavy (non-hydrogen) atoms. The van der Waals surface area contributed by atoms with Crippen LogP contribution in [0.15, 0.2) is 72.8 Å². The molecule has 0 aliphatic carbocycles. The highest BCUT2D eigenvalue weighted by molar-refractivity contribution is 6.04. The Kier molecular flexibility index (Phi) is 6.54. The fourth-order valence-electron chi connectivity index (χ4n) is 3.29. The highest BCUT2D eigenvalue weighted by atomic mass is 19.4. The average molecular weight is 484 g/mol. The molecule has 1 aromatic heterocycles. The Labute approximate surface area is 198 Å². The lowest BCUT2D eigenvalue weighted by atomic mass is 10.1. The van der Waals surface area contributed by atoms with E-state index in [9.17, 15) is 22.4 Å². The number of amides is 1. The van der Waals surface area contributed by atoms with Crippen molar-refractivity contribution < 1.29 is 27.1 Å². The van der Waals surface area contributed by atoms with Crippen molar-refractivity contribution in [1.82, 2.24) is 14.8 Å². The van der Waals surface area contributed by atoms with Crippen molar-refractivity contribution in [1.29, 1.82) is 0 Å². The fourth-order valence-corrected chi connectivity index (χ4v) is 3.29. The molecule has 1 N–H and O–H groups in total. The van der Waals surface area contributed by atoms with Crippen molar-refractivity contribution in [3.05, 3.63) is 89.7 Å². The molecular weight excluding hydrogens is 464 g/mol. The van der Waals surface area contributed by atoms with Crippen molar-refractivity contribution in [3.8, 4) is 23.1 Å². The monoisotopic (exact) mass is 484 g/mol. The predicted octanol–water partition coefficient (Wildman–Crippen LogP) is 6.13. The van der Waals surface area contributed by atoms with Crippen LogP contribution >= 0.6 is 0 Å². The fraction of sp³-hybridized carbons (Fsp3) is 0.160. The number of ether oxygens (including phenoxy) is 1. The van der Waals surface area contributed by atoms with E-state index in [1.54, 1.807) is 44.2 Å². The van der Waals surface area contributed by atoms with Crippen LogP contribution in [0, 0.1) is 5.82 Å². The van der Waals surface area contributed by atoms with E-state index in [1.807, 2.05) is 0 Å². The largest absolute Gasteiger partial charge is 0.460 e. The molecule has 6 nitrogen and oxygen atoms in total. The average Bonchev–Trinajstić information content (AvgIpc) is 3.22. The van der Waals surface area contributed by atoms with E-state index >= 15 is 0 Å². The molecule has 0 saturated heterocycles. The summed E-state index contributed by atoms with van der Waals surface area (Å²) in [5.41, 5.74) is 0.133. The van der Waals surface area contributed by atoms with Gasteiger partial charge in [0.25, 0.3) is 5.91 Å². The molecule has 0 aliphatic rings. The Morgan fingerprint density at radius 3 is 2.37 bits per heavy atom. The minimum absolute atomic E-state index is 0.00402. The number of carbonyl (C=O) groups is 1. The predicted molar refractivity (Wildman–Crippen MR) is 122 cm³/mol. The number of alkyl halides is 3. The Bertz CT molecular complexity index is 1350. The van der Waals surface area contributed by atoms with Crippen LogP contribution in [0.25, 0.3) is 17.1 Å². The topological polar surface area (TPSA) is 69.0 Å². The summed E-state index contributed by atoms with van der Waals surface area (Å²) in [6.07, 6.45) is -4.77. The minimum atomic E-state index is -4.52. The zero-order valence-corrected chi connectivity index (χ0v) is 18.7. The third-order valence-corrected chi connectivity index (χ3v) is 4.87. The SMILES string of the molecule is CC(C)Oc1nc(-c2cccc(C(F)(F)F)c2)n(-c2ccc(NC(=O)c3ccccc3F)cc2)n1. The van der Waals surface area contributed by atoms with Gasteiger partial charge in [-0.3, -0.25) is 4.79 Å². The Morgan fingerprint density at radius 1 is 1.00 bits per heavy atom. The highest BCUT2D eigenvalue weighted by Crippen LogP contribution is 2.33. The van der Waals surface area contributed by atoms with Crippen molar-refractivity contribution in [3.63, 3.8) is 0 Å². The maximum absolute atomic E-state index is 13.9. The first-order chi connectivity index (χ1) is 16.6. The molecule has 4 rings (SSSR count). The molecule has 180 valence electrons. The van der Waals surface area contributed by atoms with Gasteiger partial charge in [-0.25, -0.2) is 9.07 Å². The summed E-state index contributed by atoms with van der Waals surface area (Å²) in [5, 5.41) is 6.91. The molecule has 1 heterocycles. The van der Waals surface area contributed by atoms with Gasteiger partial charge in [-0.05, 0) is 62.4 Å². The molecular formula is C25H20F4N4O2. The van der Waals surface area contributed by atoms with E-state index in [0.717, 1.165) is 12.1 Å².